The third-order valence-corrected chi connectivity index (χ3v) is 16.8. The molecule has 0 spiro atoms. The molecule has 1 fully saturated rings. The van der Waals surface area contributed by atoms with Gasteiger partial charge in [-0.3, -0.25) is 9.98 Å². The summed E-state index contributed by atoms with van der Waals surface area (Å²) in [6.45, 7) is 0. The summed E-state index contributed by atoms with van der Waals surface area (Å²) >= 11 is 0. The lowest BCUT2D eigenvalue weighted by Crippen LogP contribution is -2.74. The molecule has 2 aromatic carbocycles. The monoisotopic (exact) mass is 1960 g/mol. The Bertz CT molecular complexity index is 3650. The first kappa shape index (κ1) is 109. The molecule has 0 unspecified atom stereocenters. The van der Waals surface area contributed by atoms with Crippen LogP contribution in [0.3, 0.4) is 0 Å². The van der Waals surface area contributed by atoms with Gasteiger partial charge in [0, 0.05) is 34.7 Å². The van der Waals surface area contributed by atoms with Crippen molar-refractivity contribution in [2.45, 2.75) is 228 Å². The molecule has 122 heavy (non-hydrogen) atoms. The zero-order valence-corrected chi connectivity index (χ0v) is 54.2. The van der Waals surface area contributed by atoms with E-state index in [4.69, 9.17) is 0 Å². The first-order valence-corrected chi connectivity index (χ1v) is 28.6. The van der Waals surface area contributed by atoms with Crippen LogP contribution in [0.15, 0.2) is 46.4 Å². The Morgan fingerprint density at radius 1 is 0.164 bits per heavy atom. The minimum Gasteiger partial charge on any atom is -0.287 e. The van der Waals surface area contributed by atoms with E-state index in [1.807, 2.05) is 0 Å². The lowest BCUT2D eigenvalue weighted by atomic mass is 9.84. The van der Waals surface area contributed by atoms with Crippen LogP contribution in [0.25, 0.3) is 0 Å². The number of hydrogen-bond acceptors (Lipinski definition) is 2. The highest BCUT2D eigenvalue weighted by atomic mass is 19.5. The van der Waals surface area contributed by atoms with Gasteiger partial charge < -0.3 is 0 Å². The Kier molecular flexibility index (Phi) is 26.2. The molecule has 0 aromatic heterocycles. The molecule has 0 radical (unpaired) electrons. The lowest BCUT2D eigenvalue weighted by molar-refractivity contribution is -0.463. The van der Waals surface area contributed by atoms with Gasteiger partial charge in [-0.2, -0.15) is 299 Å². The fourth-order valence-corrected chi connectivity index (χ4v) is 9.36. The molecule has 2 nitrogen and oxygen atoms in total. The van der Waals surface area contributed by atoms with Crippen LogP contribution >= 0.6 is 0 Å². The normalized spacial score (nSPS) is 18.6. The minimum absolute atomic E-state index is 1.07. The van der Waals surface area contributed by atoms with Crippen LogP contribution in [-0.4, -0.2) is 191 Å². The smallest absolute Gasteiger partial charge is 0.287 e. The fraction of sp³-hybridized carbons (Fsp3) is 0.731. The van der Waals surface area contributed by atoms with Crippen molar-refractivity contribution in [2.24, 2.45) is 9.98 Å². The van der Waals surface area contributed by atoms with Gasteiger partial charge in [-0.25, -0.2) is 0 Å². The third-order valence-electron chi connectivity index (χ3n) is 16.8. The van der Waals surface area contributed by atoms with Crippen molar-refractivity contribution >= 4 is 12.4 Å². The molecule has 1 aliphatic carbocycles. The number of alkyl halides is 68. The molecule has 712 valence electrons. The number of rotatable bonds is 32. The predicted molar refractivity (Wildman–Crippen MR) is 253 cm³/mol. The van der Waals surface area contributed by atoms with Crippen LogP contribution < -0.4 is 0 Å². The van der Waals surface area contributed by atoms with Crippen molar-refractivity contribution in [2.75, 3.05) is 0 Å². The van der Waals surface area contributed by atoms with E-state index in [0.29, 0.717) is 0 Å². The van der Waals surface area contributed by atoms with Gasteiger partial charge in [-0.1, -0.05) is 12.8 Å². The van der Waals surface area contributed by atoms with Gasteiger partial charge in [0.05, 0.1) is 12.1 Å². The van der Waals surface area contributed by atoms with Crippen LogP contribution in [0.2, 0.25) is 0 Å². The molecule has 0 amide bonds. The first-order valence-electron chi connectivity index (χ1n) is 28.6. The summed E-state index contributed by atoms with van der Waals surface area (Å²) in [5.41, 5.74) is -25.1. The van der Waals surface area contributed by atoms with Crippen molar-refractivity contribution in [1.82, 2.24) is 0 Å². The van der Waals surface area contributed by atoms with Gasteiger partial charge in [-0.05, 0) is 60.4 Å². The summed E-state index contributed by atoms with van der Waals surface area (Å²) < 4.78 is 972. The largest absolute Gasteiger partial charge is 0.460 e. The number of aliphatic imine (C=N–C) groups is 2. The maximum absolute atomic E-state index is 15.9. The van der Waals surface area contributed by atoms with Gasteiger partial charge in [0.1, 0.15) is 0 Å². The second-order valence-corrected chi connectivity index (χ2v) is 24.7. The summed E-state index contributed by atoms with van der Waals surface area (Å²) in [6.07, 6.45) is -42.4. The van der Waals surface area contributed by atoms with E-state index in [-0.39, 0.29) is 0 Å². The molecule has 1 aliphatic rings. The fourth-order valence-electron chi connectivity index (χ4n) is 9.36. The zero-order chi connectivity index (χ0) is 98.5. The lowest BCUT2D eigenvalue weighted by Gasteiger charge is -2.43. The van der Waals surface area contributed by atoms with Crippen LogP contribution in [0.5, 0.6) is 0 Å². The highest BCUT2D eigenvalue weighted by Gasteiger charge is 3.01. The molecular formula is C52H18F68N2. The van der Waals surface area contributed by atoms with Gasteiger partial charge in [0.25, 0.3) is 0 Å². The number of nitrogens with zero attached hydrogens (tertiary/aromatic N) is 2. The molecular weight excluding hydrogens is 1940 g/mol. The van der Waals surface area contributed by atoms with Gasteiger partial charge in [0.2, 0.25) is 0 Å². The molecule has 2 aromatic rings. The number of benzene rings is 2. The topological polar surface area (TPSA) is 24.7 Å². The van der Waals surface area contributed by atoms with E-state index in [0.717, 1.165) is 0 Å². The summed E-state index contributed by atoms with van der Waals surface area (Å²) in [5.74, 6) is -266. The van der Waals surface area contributed by atoms with Gasteiger partial charge >= 0.3 is 191 Å². The molecule has 0 saturated heterocycles. The Labute approximate surface area is 619 Å². The van der Waals surface area contributed by atoms with E-state index in [2.05, 4.69) is 9.98 Å². The molecule has 2 atom stereocenters. The molecule has 1 saturated carbocycles. The zero-order valence-electron chi connectivity index (χ0n) is 54.2. The third kappa shape index (κ3) is 14.4. The van der Waals surface area contributed by atoms with Crippen LogP contribution in [0, 0.1) is 0 Å². The van der Waals surface area contributed by atoms with E-state index in [1.165, 1.54) is 0 Å². The number of hydrogen-bond donors (Lipinski definition) is 0. The molecule has 0 N–H and O–H groups in total. The maximum atomic E-state index is 15.9. The molecule has 3 rings (SSSR count). The van der Waals surface area contributed by atoms with Gasteiger partial charge in [-0.15, -0.1) is 0 Å². The predicted octanol–water partition coefficient (Wildman–Crippen LogP) is 26.4. The summed E-state index contributed by atoms with van der Waals surface area (Å²) in [5, 5.41) is 0. The van der Waals surface area contributed by atoms with Crippen LogP contribution in [-0.2, 0) is 23.7 Å². The molecule has 0 aliphatic heterocycles. The summed E-state index contributed by atoms with van der Waals surface area (Å²) in [6, 6.07) is -19.4. The Hall–Kier alpha value is -6.98. The van der Waals surface area contributed by atoms with Crippen molar-refractivity contribution in [3.8, 4) is 0 Å². The average Bonchev–Trinajstić information content (AvgIpc) is 0.700. The standard InChI is InChI=1S/C52H18F68N2/c53-21(54,25(61,62)29(69,70)33(77,78)37(85,86)41(93,94)45(101,102)49(109,110)111)15-5-13(6-16(9-15)22(55,56)26(63,64)30(71,72)34(79,80)38(87,88)42(95,96)46(103,104)50(112,113)114)11-121-19-3-1-2-4-20(19)122-12-14-7-17(23(57,58)27(65,66)31(73,74)35(81,82)39(89,90)43(97,98)47(105,106)51(115,116)117)10-18(8-14)24(59,60)28(67,68)32(75,76)36(83,84)40(91,92)44(99,100)48(107,108)52(118,119)120/h5-12,19-20H,1-4H2/t19-,20-/m1/s1. The second kappa shape index (κ2) is 29.3. The van der Waals surface area contributed by atoms with Crippen molar-refractivity contribution in [3.05, 3.63) is 69.8 Å². The maximum Gasteiger partial charge on any atom is 0.460 e. The highest BCUT2D eigenvalue weighted by molar-refractivity contribution is 5.82. The quantitative estimate of drug-likeness (QED) is 0.0515. The minimum atomic E-state index is -9.92. The van der Waals surface area contributed by atoms with Crippen LogP contribution in [0.1, 0.15) is 59.1 Å². The number of halogens is 68. The summed E-state index contributed by atoms with van der Waals surface area (Å²) in [4.78, 5) is 5.36. The Morgan fingerprint density at radius 3 is 0.402 bits per heavy atom. The van der Waals surface area contributed by atoms with Crippen molar-refractivity contribution in [3.63, 3.8) is 0 Å². The Balaban J connectivity index is 2.76. The van der Waals surface area contributed by atoms with E-state index >= 15 is 70.2 Å². The first-order chi connectivity index (χ1) is 52.3. The van der Waals surface area contributed by atoms with E-state index < -0.39 is 311 Å². The second-order valence-electron chi connectivity index (χ2n) is 24.7. The van der Waals surface area contributed by atoms with E-state index in [9.17, 15) is 228 Å². The molecule has 0 bridgehead atoms. The SMILES string of the molecule is FC(F)(F)C(F)(F)C(F)(F)C(F)(F)C(F)(F)C(F)(F)C(F)(F)C(F)(F)c1cc(C=N[C@@H]2CCCC[C@H]2N=Cc2cc(C(F)(F)C(F)(F)C(F)(F)C(F)(F)C(F)(F)C(F)(F)C(F)(F)C(F)(F)F)cc(C(F)(F)C(F)(F)C(F)(F)C(F)(F)C(F)(F)C(F)(F)C(F)(F)C(F)(F)F)c2)cc(C(F)(F)C(F)(F)C(F)(F)C(F)(F)C(F)(F)C(F)(F)C(F)(F)C(F)(F)F)c1. The van der Waals surface area contributed by atoms with E-state index in [1.54, 1.807) is 0 Å². The molecule has 0 heterocycles. The highest BCUT2D eigenvalue weighted by Crippen LogP contribution is 2.72. The average molecular weight is 1960 g/mol. The summed E-state index contributed by atoms with van der Waals surface area (Å²) in [7, 11) is 0. The van der Waals surface area contributed by atoms with Crippen LogP contribution in [0.4, 0.5) is 299 Å². The van der Waals surface area contributed by atoms with Crippen molar-refractivity contribution in [1.29, 1.82) is 0 Å². The van der Waals surface area contributed by atoms with Gasteiger partial charge in [0.15, 0.2) is 0 Å². The van der Waals surface area contributed by atoms with Crippen molar-refractivity contribution < 1.29 is 299 Å². The Morgan fingerprint density at radius 2 is 0.279 bits per heavy atom. The molecule has 70 heteroatoms.